The van der Waals surface area contributed by atoms with Gasteiger partial charge in [0.1, 0.15) is 0 Å². The summed E-state index contributed by atoms with van der Waals surface area (Å²) in [5.41, 5.74) is -0.866. The van der Waals surface area contributed by atoms with Crippen molar-refractivity contribution in [1.82, 2.24) is 4.90 Å². The number of carbonyl (C=O) groups excluding carboxylic acids is 1. The summed E-state index contributed by atoms with van der Waals surface area (Å²) in [4.78, 5) is 24.7. The van der Waals surface area contributed by atoms with Crippen LogP contribution in [-0.4, -0.2) is 35.0 Å². The second-order valence-electron chi connectivity index (χ2n) is 4.85. The van der Waals surface area contributed by atoms with E-state index in [0.29, 0.717) is 25.2 Å². The van der Waals surface area contributed by atoms with E-state index in [1.165, 1.54) is 4.90 Å². The second kappa shape index (κ2) is 6.45. The number of halogens is 2. The number of hydrogen-bond donors (Lipinski definition) is 1. The molecule has 1 aromatic carbocycles. The van der Waals surface area contributed by atoms with Gasteiger partial charge in [-0.2, -0.15) is 0 Å². The molecular weight excluding hydrogens is 268 g/mol. The quantitative estimate of drug-likeness (QED) is 0.905. The van der Waals surface area contributed by atoms with Crippen molar-refractivity contribution in [2.75, 3.05) is 13.1 Å². The number of rotatable bonds is 5. The smallest absolute Gasteiger partial charge is 0.336 e. The van der Waals surface area contributed by atoms with Crippen LogP contribution in [0.1, 0.15) is 41.5 Å². The van der Waals surface area contributed by atoms with Crippen LogP contribution in [0.4, 0.5) is 8.78 Å². The van der Waals surface area contributed by atoms with Crippen molar-refractivity contribution in [3.8, 4) is 0 Å². The lowest BCUT2D eigenvalue weighted by molar-refractivity contribution is 0.0671. The van der Waals surface area contributed by atoms with Crippen molar-refractivity contribution in [3.05, 3.63) is 34.9 Å². The first-order valence-electron chi connectivity index (χ1n) is 6.29. The van der Waals surface area contributed by atoms with Gasteiger partial charge in [0.05, 0.1) is 11.1 Å². The van der Waals surface area contributed by atoms with Gasteiger partial charge in [-0.05, 0) is 25.0 Å². The van der Waals surface area contributed by atoms with Gasteiger partial charge in [-0.1, -0.05) is 13.8 Å². The average Bonchev–Trinajstić information content (AvgIpc) is 2.37. The molecule has 0 unspecified atom stereocenters. The number of hydrogen-bond acceptors (Lipinski definition) is 2. The Bertz CT molecular complexity index is 529. The fourth-order valence-corrected chi connectivity index (χ4v) is 1.87. The molecular formula is C14H17F2NO3. The highest BCUT2D eigenvalue weighted by Crippen LogP contribution is 2.18. The predicted octanol–water partition coefficient (Wildman–Crippen LogP) is 2.78. The summed E-state index contributed by atoms with van der Waals surface area (Å²) in [5.74, 6) is -4.42. The summed E-state index contributed by atoms with van der Waals surface area (Å²) >= 11 is 0. The SMILES string of the molecule is CCN(CC(C)C)C(=O)c1cc(F)c(F)cc1C(=O)O. The first-order chi connectivity index (χ1) is 9.27. The summed E-state index contributed by atoms with van der Waals surface area (Å²) in [6.07, 6.45) is 0. The Morgan fingerprint density at radius 3 is 2.10 bits per heavy atom. The summed E-state index contributed by atoms with van der Waals surface area (Å²) in [6.45, 7) is 6.31. The lowest BCUT2D eigenvalue weighted by Crippen LogP contribution is -2.35. The van der Waals surface area contributed by atoms with Gasteiger partial charge >= 0.3 is 5.97 Å². The third kappa shape index (κ3) is 3.53. The van der Waals surface area contributed by atoms with E-state index < -0.39 is 29.1 Å². The molecule has 0 spiro atoms. The normalized spacial score (nSPS) is 10.7. The Kier molecular flexibility index (Phi) is 5.19. The topological polar surface area (TPSA) is 57.6 Å². The van der Waals surface area contributed by atoms with Crippen LogP contribution in [0.15, 0.2) is 12.1 Å². The van der Waals surface area contributed by atoms with Crippen molar-refractivity contribution >= 4 is 11.9 Å². The number of carboxylic acids is 1. The van der Waals surface area contributed by atoms with Crippen molar-refractivity contribution in [3.63, 3.8) is 0 Å². The molecule has 0 aliphatic carbocycles. The van der Waals surface area contributed by atoms with E-state index in [1.807, 2.05) is 13.8 Å². The minimum atomic E-state index is -1.46. The number of nitrogens with zero attached hydrogens (tertiary/aromatic N) is 1. The monoisotopic (exact) mass is 285 g/mol. The Hall–Kier alpha value is -1.98. The molecule has 0 atom stereocenters. The molecule has 0 aliphatic heterocycles. The molecule has 1 amide bonds. The molecule has 4 nitrogen and oxygen atoms in total. The van der Waals surface area contributed by atoms with E-state index in [1.54, 1.807) is 6.92 Å². The third-order valence-electron chi connectivity index (χ3n) is 2.78. The molecule has 0 heterocycles. The molecule has 0 saturated carbocycles. The highest BCUT2D eigenvalue weighted by atomic mass is 19.2. The minimum Gasteiger partial charge on any atom is -0.478 e. The van der Waals surface area contributed by atoms with Gasteiger partial charge in [0, 0.05) is 13.1 Å². The number of amides is 1. The van der Waals surface area contributed by atoms with Crippen LogP contribution in [0.25, 0.3) is 0 Å². The first kappa shape index (κ1) is 16.1. The summed E-state index contributed by atoms with van der Waals surface area (Å²) < 4.78 is 26.4. The standard InChI is InChI=1S/C14H17F2NO3/c1-4-17(7-8(2)3)13(18)9-5-11(15)12(16)6-10(9)14(19)20/h5-6,8H,4,7H2,1-3H3,(H,19,20). The van der Waals surface area contributed by atoms with Gasteiger partial charge in [0.25, 0.3) is 5.91 Å². The Balaban J connectivity index is 3.26. The molecule has 20 heavy (non-hydrogen) atoms. The molecule has 6 heteroatoms. The van der Waals surface area contributed by atoms with E-state index in [0.717, 1.165) is 0 Å². The van der Waals surface area contributed by atoms with Crippen LogP contribution in [0.2, 0.25) is 0 Å². The zero-order valence-corrected chi connectivity index (χ0v) is 11.6. The molecule has 0 saturated heterocycles. The van der Waals surface area contributed by atoms with E-state index in [9.17, 15) is 18.4 Å². The van der Waals surface area contributed by atoms with Gasteiger partial charge in [0.2, 0.25) is 0 Å². The Labute approximate surface area is 116 Å². The summed E-state index contributed by atoms with van der Waals surface area (Å²) in [5, 5.41) is 9.01. The molecule has 1 aromatic rings. The first-order valence-corrected chi connectivity index (χ1v) is 6.29. The maximum Gasteiger partial charge on any atom is 0.336 e. The highest BCUT2D eigenvalue weighted by molar-refractivity contribution is 6.04. The van der Waals surface area contributed by atoms with Crippen molar-refractivity contribution < 1.29 is 23.5 Å². The number of carbonyl (C=O) groups is 2. The van der Waals surface area contributed by atoms with Crippen LogP contribution in [0.5, 0.6) is 0 Å². The van der Waals surface area contributed by atoms with Crippen LogP contribution < -0.4 is 0 Å². The fraction of sp³-hybridized carbons (Fsp3) is 0.429. The zero-order chi connectivity index (χ0) is 15.4. The Morgan fingerprint density at radius 2 is 1.70 bits per heavy atom. The molecule has 0 bridgehead atoms. The van der Waals surface area contributed by atoms with Gasteiger partial charge in [-0.15, -0.1) is 0 Å². The van der Waals surface area contributed by atoms with E-state index in [2.05, 4.69) is 0 Å². The van der Waals surface area contributed by atoms with Gasteiger partial charge < -0.3 is 10.0 Å². The zero-order valence-electron chi connectivity index (χ0n) is 11.6. The Morgan fingerprint density at radius 1 is 1.20 bits per heavy atom. The molecule has 0 aliphatic rings. The molecule has 0 aromatic heterocycles. The fourth-order valence-electron chi connectivity index (χ4n) is 1.87. The number of benzene rings is 1. The minimum absolute atomic E-state index is 0.178. The van der Waals surface area contributed by atoms with Crippen LogP contribution in [-0.2, 0) is 0 Å². The largest absolute Gasteiger partial charge is 0.478 e. The van der Waals surface area contributed by atoms with Gasteiger partial charge in [-0.25, -0.2) is 13.6 Å². The third-order valence-corrected chi connectivity index (χ3v) is 2.78. The number of aromatic carboxylic acids is 1. The summed E-state index contributed by atoms with van der Waals surface area (Å²) in [6, 6.07) is 1.18. The lowest BCUT2D eigenvalue weighted by Gasteiger charge is -2.23. The van der Waals surface area contributed by atoms with Gasteiger partial charge in [-0.3, -0.25) is 4.79 Å². The highest BCUT2D eigenvalue weighted by Gasteiger charge is 2.24. The predicted molar refractivity (Wildman–Crippen MR) is 69.7 cm³/mol. The van der Waals surface area contributed by atoms with Gasteiger partial charge in [0.15, 0.2) is 11.6 Å². The van der Waals surface area contributed by atoms with E-state index in [4.69, 9.17) is 5.11 Å². The lowest BCUT2D eigenvalue weighted by atomic mass is 10.0. The van der Waals surface area contributed by atoms with Crippen molar-refractivity contribution in [2.24, 2.45) is 5.92 Å². The van der Waals surface area contributed by atoms with Crippen molar-refractivity contribution in [2.45, 2.75) is 20.8 Å². The molecule has 0 radical (unpaired) electrons. The second-order valence-corrected chi connectivity index (χ2v) is 4.85. The van der Waals surface area contributed by atoms with E-state index in [-0.39, 0.29) is 11.5 Å². The maximum atomic E-state index is 13.3. The molecule has 0 fully saturated rings. The average molecular weight is 285 g/mol. The van der Waals surface area contributed by atoms with Crippen LogP contribution in [0, 0.1) is 17.6 Å². The molecule has 110 valence electrons. The van der Waals surface area contributed by atoms with E-state index >= 15 is 0 Å². The number of carboxylic acid groups (broad SMARTS) is 1. The summed E-state index contributed by atoms with van der Waals surface area (Å²) in [7, 11) is 0. The molecule has 1 N–H and O–H groups in total. The molecule has 1 rings (SSSR count). The maximum absolute atomic E-state index is 13.3. The van der Waals surface area contributed by atoms with Crippen molar-refractivity contribution in [1.29, 1.82) is 0 Å². The van der Waals surface area contributed by atoms with Crippen LogP contribution >= 0.6 is 0 Å². The van der Waals surface area contributed by atoms with Crippen LogP contribution in [0.3, 0.4) is 0 Å².